The molecule has 1 aliphatic carbocycles. The van der Waals surface area contributed by atoms with Gasteiger partial charge in [-0.1, -0.05) is 30.3 Å². The van der Waals surface area contributed by atoms with Crippen molar-refractivity contribution < 1.29 is 19.5 Å². The Kier molecular flexibility index (Phi) is 5.03. The van der Waals surface area contributed by atoms with Crippen LogP contribution in [0.4, 0.5) is 0 Å². The molecule has 1 aliphatic heterocycles. The number of nitrogens with zero attached hydrogens (tertiary/aromatic N) is 1. The Hall–Kier alpha value is -2.89. The number of rotatable bonds is 6. The van der Waals surface area contributed by atoms with E-state index >= 15 is 0 Å². The van der Waals surface area contributed by atoms with Gasteiger partial charge in [-0.2, -0.15) is 0 Å². The quantitative estimate of drug-likeness (QED) is 0.806. The zero-order valence-electron chi connectivity index (χ0n) is 15.6. The van der Waals surface area contributed by atoms with Gasteiger partial charge in [0.05, 0.1) is 5.92 Å². The summed E-state index contributed by atoms with van der Waals surface area (Å²) in [5, 5.41) is 14.3. The minimum Gasteiger partial charge on any atom is -0.481 e. The number of benzene rings is 2. The number of aliphatic carboxylic acids is 1. The Labute approximate surface area is 163 Å². The minimum absolute atomic E-state index is 0.0774. The van der Waals surface area contributed by atoms with Gasteiger partial charge in [0.1, 0.15) is 0 Å². The molecule has 2 aromatic rings. The SMILES string of the molecule is O=C(NCCC(=O)N1C[C@H](C(=O)O)[C@@H](C2CC2)C1)c1ccc2ccccc2c1. The molecule has 0 spiro atoms. The van der Waals surface area contributed by atoms with Crippen LogP contribution in [0.3, 0.4) is 0 Å². The fourth-order valence-electron chi connectivity index (χ4n) is 4.17. The van der Waals surface area contributed by atoms with Crippen LogP contribution in [0.2, 0.25) is 0 Å². The molecule has 6 heteroatoms. The van der Waals surface area contributed by atoms with Crippen molar-refractivity contribution in [2.75, 3.05) is 19.6 Å². The number of amides is 2. The fourth-order valence-corrected chi connectivity index (χ4v) is 4.17. The number of fused-ring (bicyclic) bond motifs is 1. The molecule has 2 N–H and O–H groups in total. The summed E-state index contributed by atoms with van der Waals surface area (Å²) >= 11 is 0. The number of hydrogen-bond donors (Lipinski definition) is 2. The van der Waals surface area contributed by atoms with Crippen molar-refractivity contribution in [3.8, 4) is 0 Å². The highest BCUT2D eigenvalue weighted by Crippen LogP contribution is 2.44. The van der Waals surface area contributed by atoms with E-state index in [0.29, 0.717) is 18.0 Å². The first-order valence-electron chi connectivity index (χ1n) is 9.80. The maximum atomic E-state index is 12.5. The number of hydrogen-bond acceptors (Lipinski definition) is 3. The van der Waals surface area contributed by atoms with Crippen molar-refractivity contribution in [2.24, 2.45) is 17.8 Å². The molecule has 2 atom stereocenters. The van der Waals surface area contributed by atoms with E-state index in [4.69, 9.17) is 0 Å². The molecular weight excluding hydrogens is 356 g/mol. The van der Waals surface area contributed by atoms with Crippen LogP contribution in [0.1, 0.15) is 29.6 Å². The van der Waals surface area contributed by atoms with Gasteiger partial charge in [-0.15, -0.1) is 0 Å². The molecule has 28 heavy (non-hydrogen) atoms. The summed E-state index contributed by atoms with van der Waals surface area (Å²) in [5.41, 5.74) is 0.562. The number of nitrogens with one attached hydrogen (secondary N) is 1. The second-order valence-corrected chi connectivity index (χ2v) is 7.81. The van der Waals surface area contributed by atoms with Crippen molar-refractivity contribution in [3.63, 3.8) is 0 Å². The normalized spacial score (nSPS) is 21.6. The molecule has 0 aromatic heterocycles. The number of carbonyl (C=O) groups is 3. The molecule has 2 aromatic carbocycles. The van der Waals surface area contributed by atoms with Crippen LogP contribution in [0.15, 0.2) is 42.5 Å². The minimum atomic E-state index is -0.809. The molecule has 4 rings (SSSR count). The van der Waals surface area contributed by atoms with Gasteiger partial charge in [0.2, 0.25) is 5.91 Å². The molecule has 1 heterocycles. The van der Waals surface area contributed by atoms with E-state index in [2.05, 4.69) is 5.32 Å². The van der Waals surface area contributed by atoms with Gasteiger partial charge < -0.3 is 15.3 Å². The van der Waals surface area contributed by atoms with Crippen molar-refractivity contribution >= 4 is 28.6 Å². The van der Waals surface area contributed by atoms with Crippen LogP contribution in [0.25, 0.3) is 10.8 Å². The highest BCUT2D eigenvalue weighted by molar-refractivity contribution is 5.98. The van der Waals surface area contributed by atoms with Crippen LogP contribution in [-0.2, 0) is 9.59 Å². The van der Waals surface area contributed by atoms with E-state index in [1.807, 2.05) is 36.4 Å². The van der Waals surface area contributed by atoms with E-state index in [1.165, 1.54) is 0 Å². The Bertz CT molecular complexity index is 922. The smallest absolute Gasteiger partial charge is 0.308 e. The predicted octanol–water partition coefficient (Wildman–Crippen LogP) is 2.53. The van der Waals surface area contributed by atoms with Crippen LogP contribution in [-0.4, -0.2) is 47.4 Å². The van der Waals surface area contributed by atoms with E-state index in [0.717, 1.165) is 23.6 Å². The van der Waals surface area contributed by atoms with Gasteiger partial charge in [0.15, 0.2) is 0 Å². The summed E-state index contributed by atoms with van der Waals surface area (Å²) in [6.07, 6.45) is 2.32. The zero-order chi connectivity index (χ0) is 19.7. The standard InChI is InChI=1S/C22H24N2O4/c25-20(24-12-18(15-6-7-15)19(13-24)22(27)28)9-10-23-21(26)17-8-5-14-3-1-2-4-16(14)11-17/h1-5,8,11,15,18-19H,6-7,9-10,12-13H2,(H,23,26)(H,27,28)/t18-,19+/m1/s1. The lowest BCUT2D eigenvalue weighted by Gasteiger charge is -2.16. The highest BCUT2D eigenvalue weighted by atomic mass is 16.4. The third kappa shape index (κ3) is 3.86. The first kappa shape index (κ1) is 18.5. The van der Waals surface area contributed by atoms with Crippen molar-refractivity contribution in [1.29, 1.82) is 0 Å². The van der Waals surface area contributed by atoms with Crippen molar-refractivity contribution in [1.82, 2.24) is 10.2 Å². The summed E-state index contributed by atoms with van der Waals surface area (Å²) < 4.78 is 0. The first-order valence-corrected chi connectivity index (χ1v) is 9.80. The maximum Gasteiger partial charge on any atom is 0.308 e. The number of carbonyl (C=O) groups excluding carboxylic acids is 2. The largest absolute Gasteiger partial charge is 0.481 e. The monoisotopic (exact) mass is 380 g/mol. The Morgan fingerprint density at radius 1 is 1.04 bits per heavy atom. The van der Waals surface area contributed by atoms with Crippen LogP contribution in [0.5, 0.6) is 0 Å². The molecule has 2 aliphatic rings. The average molecular weight is 380 g/mol. The van der Waals surface area contributed by atoms with Gasteiger partial charge in [-0.05, 0) is 47.6 Å². The summed E-state index contributed by atoms with van der Waals surface area (Å²) in [6, 6.07) is 13.3. The average Bonchev–Trinajstić information content (AvgIpc) is 3.44. The predicted molar refractivity (Wildman–Crippen MR) is 105 cm³/mol. The topological polar surface area (TPSA) is 86.7 Å². The van der Waals surface area contributed by atoms with Crippen LogP contribution < -0.4 is 5.32 Å². The summed E-state index contributed by atoms with van der Waals surface area (Å²) in [4.78, 5) is 38.0. The van der Waals surface area contributed by atoms with Gasteiger partial charge in [0.25, 0.3) is 5.91 Å². The summed E-state index contributed by atoms with van der Waals surface area (Å²) in [6.45, 7) is 1.06. The molecule has 146 valence electrons. The lowest BCUT2D eigenvalue weighted by molar-refractivity contribution is -0.142. The molecule has 1 saturated carbocycles. The molecule has 1 saturated heterocycles. The van der Waals surface area contributed by atoms with E-state index in [9.17, 15) is 19.5 Å². The summed E-state index contributed by atoms with van der Waals surface area (Å²) in [5.74, 6) is -1.03. The Morgan fingerprint density at radius 3 is 2.50 bits per heavy atom. The second kappa shape index (κ2) is 7.62. The van der Waals surface area contributed by atoms with Crippen LogP contribution in [0, 0.1) is 17.8 Å². The van der Waals surface area contributed by atoms with E-state index in [1.54, 1.807) is 11.0 Å². The molecule has 0 bridgehead atoms. The van der Waals surface area contributed by atoms with Gasteiger partial charge in [-0.3, -0.25) is 14.4 Å². The van der Waals surface area contributed by atoms with Crippen LogP contribution >= 0.6 is 0 Å². The zero-order valence-corrected chi connectivity index (χ0v) is 15.6. The van der Waals surface area contributed by atoms with Crippen molar-refractivity contribution in [3.05, 3.63) is 48.0 Å². The summed E-state index contributed by atoms with van der Waals surface area (Å²) in [7, 11) is 0. The molecule has 0 unspecified atom stereocenters. The van der Waals surface area contributed by atoms with E-state index < -0.39 is 11.9 Å². The molecule has 2 amide bonds. The first-order chi connectivity index (χ1) is 13.5. The lowest BCUT2D eigenvalue weighted by Crippen LogP contribution is -2.33. The molecular formula is C22H24N2O4. The van der Waals surface area contributed by atoms with Gasteiger partial charge in [-0.25, -0.2) is 0 Å². The Balaban J connectivity index is 1.30. The number of carboxylic acids is 1. The Morgan fingerprint density at radius 2 is 1.79 bits per heavy atom. The fraction of sp³-hybridized carbons (Fsp3) is 0.409. The van der Waals surface area contributed by atoms with Crippen molar-refractivity contribution in [2.45, 2.75) is 19.3 Å². The van der Waals surface area contributed by atoms with Gasteiger partial charge in [0, 0.05) is 31.6 Å². The number of carboxylic acid groups (broad SMARTS) is 1. The molecule has 6 nitrogen and oxygen atoms in total. The third-order valence-corrected chi connectivity index (χ3v) is 5.90. The third-order valence-electron chi connectivity index (χ3n) is 5.90. The highest BCUT2D eigenvalue weighted by Gasteiger charge is 2.46. The van der Waals surface area contributed by atoms with E-state index in [-0.39, 0.29) is 37.2 Å². The second-order valence-electron chi connectivity index (χ2n) is 7.81. The van der Waals surface area contributed by atoms with Gasteiger partial charge >= 0.3 is 5.97 Å². The molecule has 0 radical (unpaired) electrons. The lowest BCUT2D eigenvalue weighted by atomic mass is 9.92. The number of likely N-dealkylation sites (tertiary alicyclic amines) is 1. The maximum absolute atomic E-state index is 12.5. The molecule has 2 fully saturated rings.